The summed E-state index contributed by atoms with van der Waals surface area (Å²) < 4.78 is 33.9. The van der Waals surface area contributed by atoms with E-state index >= 15 is 0 Å². The molecule has 158 valence electrons. The zero-order chi connectivity index (χ0) is 21.1. The van der Waals surface area contributed by atoms with Gasteiger partial charge >= 0.3 is 0 Å². The molecule has 4 rings (SSSR count). The van der Waals surface area contributed by atoms with Gasteiger partial charge in [0, 0.05) is 6.54 Å². The first-order valence-electron chi connectivity index (χ1n) is 10.3. The van der Waals surface area contributed by atoms with Gasteiger partial charge in [0.15, 0.2) is 6.10 Å². The normalized spacial score (nSPS) is 18.8. The highest BCUT2D eigenvalue weighted by molar-refractivity contribution is 7.92. The van der Waals surface area contributed by atoms with E-state index in [1.54, 1.807) is 42.5 Å². The summed E-state index contributed by atoms with van der Waals surface area (Å²) in [6, 6.07) is 13.6. The number of nitrogens with one attached hydrogen (secondary N) is 1. The number of hydrogen-bond acceptors (Lipinski definition) is 4. The van der Waals surface area contributed by atoms with Crippen LogP contribution in [0.4, 0.5) is 5.69 Å². The number of ether oxygens (including phenoxy) is 1. The van der Waals surface area contributed by atoms with Crippen molar-refractivity contribution in [2.24, 2.45) is 0 Å². The molecule has 1 aliphatic carbocycles. The van der Waals surface area contributed by atoms with Gasteiger partial charge in [-0.15, -0.1) is 0 Å². The minimum Gasteiger partial charge on any atom is -0.476 e. The molecule has 7 heteroatoms. The van der Waals surface area contributed by atoms with Gasteiger partial charge in [0.25, 0.3) is 15.9 Å². The average Bonchev–Trinajstić information content (AvgIpc) is 2.78. The molecule has 2 aromatic carbocycles. The van der Waals surface area contributed by atoms with Gasteiger partial charge in [-0.25, -0.2) is 8.42 Å². The molecule has 0 saturated heterocycles. The fraction of sp³-hybridized carbons (Fsp3) is 0.348. The van der Waals surface area contributed by atoms with E-state index in [2.05, 4.69) is 11.4 Å². The quantitative estimate of drug-likeness (QED) is 0.742. The molecule has 1 heterocycles. The maximum atomic E-state index is 13.4. The fourth-order valence-electron chi connectivity index (χ4n) is 3.82. The zero-order valence-electron chi connectivity index (χ0n) is 17.0. The molecule has 0 fully saturated rings. The van der Waals surface area contributed by atoms with Crippen LogP contribution in [0.15, 0.2) is 65.1 Å². The minimum absolute atomic E-state index is 0.0709. The van der Waals surface area contributed by atoms with Crippen molar-refractivity contribution >= 4 is 21.6 Å². The third kappa shape index (κ3) is 4.21. The van der Waals surface area contributed by atoms with Crippen LogP contribution in [0.3, 0.4) is 0 Å². The van der Waals surface area contributed by atoms with E-state index in [0.717, 1.165) is 24.8 Å². The van der Waals surface area contributed by atoms with E-state index in [1.807, 2.05) is 13.0 Å². The van der Waals surface area contributed by atoms with E-state index in [4.69, 9.17) is 4.74 Å². The SMILES string of the molecule is Cc1ccc2c(c1)N(S(=O)(=O)c1ccccc1)CC(C(=O)NCC1=CCCCC1)O2. The second kappa shape index (κ2) is 8.52. The van der Waals surface area contributed by atoms with Crippen molar-refractivity contribution in [2.75, 3.05) is 17.4 Å². The number of carbonyl (C=O) groups is 1. The molecule has 1 N–H and O–H groups in total. The van der Waals surface area contributed by atoms with Gasteiger partial charge in [-0.2, -0.15) is 0 Å². The predicted molar refractivity (Wildman–Crippen MR) is 116 cm³/mol. The summed E-state index contributed by atoms with van der Waals surface area (Å²) in [5.41, 5.74) is 2.59. The van der Waals surface area contributed by atoms with Crippen LogP contribution in [-0.4, -0.2) is 33.5 Å². The minimum atomic E-state index is -3.83. The molecule has 0 aromatic heterocycles. The Balaban J connectivity index is 1.60. The molecule has 30 heavy (non-hydrogen) atoms. The standard InChI is InChI=1S/C23H26N2O4S/c1-17-12-13-21-20(14-17)25(30(27,28)19-10-6-3-7-11-19)16-22(29-21)23(26)24-15-18-8-4-2-5-9-18/h3,6-8,10-14,22H,2,4-5,9,15-16H2,1H3,(H,24,26). The van der Waals surface area contributed by atoms with E-state index in [-0.39, 0.29) is 17.3 Å². The van der Waals surface area contributed by atoms with Crippen molar-refractivity contribution in [2.45, 2.75) is 43.6 Å². The monoisotopic (exact) mass is 426 g/mol. The molecule has 0 radical (unpaired) electrons. The fourth-order valence-corrected chi connectivity index (χ4v) is 5.31. The lowest BCUT2D eigenvalue weighted by Crippen LogP contribution is -2.51. The molecule has 2 aromatic rings. The second-order valence-corrected chi connectivity index (χ2v) is 9.62. The lowest BCUT2D eigenvalue weighted by atomic mass is 10.00. The summed E-state index contributed by atoms with van der Waals surface area (Å²) in [6.07, 6.45) is 5.62. The first-order valence-corrected chi connectivity index (χ1v) is 11.7. The third-order valence-corrected chi connectivity index (χ3v) is 7.28. The number of rotatable bonds is 5. The summed E-state index contributed by atoms with van der Waals surface area (Å²) in [5, 5.41) is 2.92. The predicted octanol–water partition coefficient (Wildman–Crippen LogP) is 3.57. The zero-order valence-corrected chi connectivity index (χ0v) is 17.8. The van der Waals surface area contributed by atoms with Crippen LogP contribution >= 0.6 is 0 Å². The van der Waals surface area contributed by atoms with Gasteiger partial charge < -0.3 is 10.1 Å². The van der Waals surface area contributed by atoms with E-state index in [9.17, 15) is 13.2 Å². The van der Waals surface area contributed by atoms with Crippen molar-refractivity contribution < 1.29 is 17.9 Å². The van der Waals surface area contributed by atoms with Crippen LogP contribution in [0.2, 0.25) is 0 Å². The number of hydrogen-bond donors (Lipinski definition) is 1. The number of anilines is 1. The summed E-state index contributed by atoms with van der Waals surface area (Å²) in [5.74, 6) is 0.0874. The third-order valence-electron chi connectivity index (χ3n) is 5.48. The highest BCUT2D eigenvalue weighted by Crippen LogP contribution is 2.37. The number of benzene rings is 2. The molecule has 0 saturated carbocycles. The van der Waals surface area contributed by atoms with Crippen LogP contribution in [0, 0.1) is 6.92 Å². The number of fused-ring (bicyclic) bond motifs is 1. The van der Waals surface area contributed by atoms with Crippen molar-refractivity contribution in [1.82, 2.24) is 5.32 Å². The molecule has 1 amide bonds. The first-order chi connectivity index (χ1) is 14.4. The van der Waals surface area contributed by atoms with Gasteiger partial charge in [-0.3, -0.25) is 9.10 Å². The Hall–Kier alpha value is -2.80. The van der Waals surface area contributed by atoms with E-state index < -0.39 is 16.1 Å². The Morgan fingerprint density at radius 2 is 1.97 bits per heavy atom. The lowest BCUT2D eigenvalue weighted by Gasteiger charge is -2.35. The molecule has 0 bridgehead atoms. The summed E-state index contributed by atoms with van der Waals surface area (Å²) in [6.45, 7) is 2.30. The number of sulfonamides is 1. The van der Waals surface area contributed by atoms with Crippen molar-refractivity contribution in [1.29, 1.82) is 0 Å². The maximum absolute atomic E-state index is 13.4. The number of aryl methyl sites for hydroxylation is 1. The second-order valence-electron chi connectivity index (χ2n) is 7.75. The topological polar surface area (TPSA) is 75.7 Å². The summed E-state index contributed by atoms with van der Waals surface area (Å²) >= 11 is 0. The van der Waals surface area contributed by atoms with Gasteiger partial charge in [-0.05, 0) is 62.4 Å². The van der Waals surface area contributed by atoms with Crippen LogP contribution in [-0.2, 0) is 14.8 Å². The summed E-state index contributed by atoms with van der Waals surface area (Å²) in [7, 11) is -3.83. The number of amides is 1. The van der Waals surface area contributed by atoms with E-state index in [0.29, 0.717) is 18.0 Å². The molecule has 6 nitrogen and oxygen atoms in total. The Kier molecular flexibility index (Phi) is 5.81. The Morgan fingerprint density at radius 3 is 2.70 bits per heavy atom. The highest BCUT2D eigenvalue weighted by Gasteiger charge is 2.37. The molecular weight excluding hydrogens is 400 g/mol. The number of allylic oxidation sites excluding steroid dienone is 1. The number of nitrogens with zero attached hydrogens (tertiary/aromatic N) is 1. The molecule has 0 spiro atoms. The Labute approximate surface area is 177 Å². The largest absolute Gasteiger partial charge is 0.476 e. The Bertz CT molecular complexity index is 1060. The highest BCUT2D eigenvalue weighted by atomic mass is 32.2. The first kappa shape index (κ1) is 20.5. The molecule has 1 aliphatic heterocycles. The van der Waals surface area contributed by atoms with Crippen molar-refractivity contribution in [3.8, 4) is 5.75 Å². The van der Waals surface area contributed by atoms with Gasteiger partial charge in [0.05, 0.1) is 17.1 Å². The van der Waals surface area contributed by atoms with Crippen LogP contribution in [0.25, 0.3) is 0 Å². The Morgan fingerprint density at radius 1 is 1.17 bits per heavy atom. The molecular formula is C23H26N2O4S. The van der Waals surface area contributed by atoms with E-state index in [1.165, 1.54) is 16.3 Å². The molecule has 2 aliphatic rings. The van der Waals surface area contributed by atoms with Gasteiger partial charge in [0.2, 0.25) is 0 Å². The smallest absolute Gasteiger partial charge is 0.264 e. The molecule has 1 unspecified atom stereocenters. The van der Waals surface area contributed by atoms with Crippen LogP contribution in [0.1, 0.15) is 31.2 Å². The maximum Gasteiger partial charge on any atom is 0.264 e. The van der Waals surface area contributed by atoms with Gasteiger partial charge in [-0.1, -0.05) is 35.9 Å². The number of carbonyl (C=O) groups excluding carboxylic acids is 1. The van der Waals surface area contributed by atoms with Gasteiger partial charge in [0.1, 0.15) is 5.75 Å². The summed E-state index contributed by atoms with van der Waals surface area (Å²) in [4.78, 5) is 13.0. The van der Waals surface area contributed by atoms with Crippen LogP contribution < -0.4 is 14.4 Å². The van der Waals surface area contributed by atoms with Crippen molar-refractivity contribution in [3.05, 3.63) is 65.7 Å². The van der Waals surface area contributed by atoms with Crippen LogP contribution in [0.5, 0.6) is 5.75 Å². The average molecular weight is 427 g/mol. The lowest BCUT2D eigenvalue weighted by molar-refractivity contribution is -0.127. The van der Waals surface area contributed by atoms with Crippen molar-refractivity contribution in [3.63, 3.8) is 0 Å². The molecule has 1 atom stereocenters.